The summed E-state index contributed by atoms with van der Waals surface area (Å²) in [5.74, 6) is -7.94. The van der Waals surface area contributed by atoms with Gasteiger partial charge in [-0.2, -0.15) is 0 Å². The number of aliphatic hydroxyl groups excluding tert-OH is 2. The van der Waals surface area contributed by atoms with Gasteiger partial charge in [-0.1, -0.05) is 18.2 Å². The standard InChI is InChI=1S/C28H29N3O8S/c1-31(2)17-11-16(30-27(38)40-14-6-4-3-5-7-14)22(33)20-15(17)9-12-8-13-10-18(32)21(26(29)37)25(36)28(13,39)24(35)19(12)23(20)34/h3-7,11-13,18,21,32-34,39H,8-10H2,1-2H3,(H2,29,37)(H,30,38)/t12-,13+,18?,21?,28+/m1/s1. The maximum atomic E-state index is 13.7. The van der Waals surface area contributed by atoms with Gasteiger partial charge in [-0.05, 0) is 60.7 Å². The monoisotopic (exact) mass is 567 g/mol. The molecule has 2 aromatic rings. The summed E-state index contributed by atoms with van der Waals surface area (Å²) in [6.45, 7) is 0. The number of carbonyl (C=O) groups is 4. The van der Waals surface area contributed by atoms with Crippen molar-refractivity contribution in [3.63, 3.8) is 0 Å². The number of Topliss-reactive ketones (excluding diaryl/α,β-unsaturated/α-hetero) is 2. The molecule has 210 valence electrons. The lowest BCUT2D eigenvalue weighted by Gasteiger charge is -2.48. The Balaban J connectivity index is 1.58. The second-order valence-electron chi connectivity index (χ2n) is 10.6. The molecular formula is C28H29N3O8S. The van der Waals surface area contributed by atoms with Gasteiger partial charge in [0.2, 0.25) is 11.7 Å². The summed E-state index contributed by atoms with van der Waals surface area (Å²) in [6.07, 6.45) is -1.41. The molecule has 2 fully saturated rings. The molecule has 0 saturated heterocycles. The lowest BCUT2D eigenvalue weighted by molar-refractivity contribution is -0.174. The number of thioether (sulfide) groups is 1. The minimum Gasteiger partial charge on any atom is -0.507 e. The van der Waals surface area contributed by atoms with E-state index < -0.39 is 63.7 Å². The molecule has 5 atom stereocenters. The number of nitrogens with zero attached hydrogens (tertiary/aromatic N) is 1. The Morgan fingerprint density at radius 2 is 1.80 bits per heavy atom. The number of fused-ring (bicyclic) bond motifs is 3. The highest BCUT2D eigenvalue weighted by Crippen LogP contribution is 2.53. The molecule has 2 aromatic carbocycles. The van der Waals surface area contributed by atoms with E-state index >= 15 is 0 Å². The van der Waals surface area contributed by atoms with Crippen LogP contribution >= 0.6 is 11.8 Å². The van der Waals surface area contributed by atoms with Crippen LogP contribution in [0.4, 0.5) is 16.2 Å². The molecule has 12 heteroatoms. The van der Waals surface area contributed by atoms with Crippen molar-refractivity contribution >= 4 is 51.6 Å². The largest absolute Gasteiger partial charge is 0.507 e. The predicted molar refractivity (Wildman–Crippen MR) is 147 cm³/mol. The summed E-state index contributed by atoms with van der Waals surface area (Å²) < 4.78 is 0. The first kappa shape index (κ1) is 27.7. The maximum absolute atomic E-state index is 13.7. The van der Waals surface area contributed by atoms with Crippen molar-refractivity contribution in [2.24, 2.45) is 23.5 Å². The normalized spacial score (nSPS) is 27.4. The van der Waals surface area contributed by atoms with Crippen molar-refractivity contribution in [1.82, 2.24) is 0 Å². The van der Waals surface area contributed by atoms with Crippen LogP contribution in [0.2, 0.25) is 0 Å². The number of aromatic hydroxyl groups is 1. The number of primary amides is 1. The SMILES string of the molecule is CN(C)c1cc(NC(=O)Sc2ccccc2)c(O)c2c1C[C@H]1C[C@H]3CC(O)C(C(N)=O)C(=O)[C@@]3(O)C(=O)C1=C2O. The minimum atomic E-state index is -2.66. The molecule has 3 aliphatic carbocycles. The molecule has 0 spiro atoms. The smallest absolute Gasteiger partial charge is 0.288 e. The average molecular weight is 568 g/mol. The highest BCUT2D eigenvalue weighted by atomic mass is 32.2. The van der Waals surface area contributed by atoms with E-state index in [1.165, 1.54) is 0 Å². The predicted octanol–water partition coefficient (Wildman–Crippen LogP) is 1.98. The molecule has 0 heterocycles. The van der Waals surface area contributed by atoms with Gasteiger partial charge in [0, 0.05) is 36.2 Å². The molecule has 0 radical (unpaired) electrons. The summed E-state index contributed by atoms with van der Waals surface area (Å²) in [5.41, 5.74) is 3.36. The van der Waals surface area contributed by atoms with E-state index in [4.69, 9.17) is 5.73 Å². The number of ketones is 2. The van der Waals surface area contributed by atoms with Crippen molar-refractivity contribution in [3.8, 4) is 5.75 Å². The van der Waals surface area contributed by atoms with Gasteiger partial charge < -0.3 is 36.4 Å². The Kier molecular flexibility index (Phi) is 6.89. The van der Waals surface area contributed by atoms with E-state index in [1.807, 2.05) is 6.07 Å². The highest BCUT2D eigenvalue weighted by Gasteiger charge is 2.64. The van der Waals surface area contributed by atoms with E-state index in [-0.39, 0.29) is 36.1 Å². The summed E-state index contributed by atoms with van der Waals surface area (Å²) in [5, 5.41) is 46.6. The number of nitrogens with two attached hydrogens (primary N) is 1. The maximum Gasteiger partial charge on any atom is 0.288 e. The number of amides is 2. The zero-order chi connectivity index (χ0) is 29.1. The Bertz CT molecular complexity index is 1470. The number of benzene rings is 2. The number of phenols is 1. The Labute approximate surface area is 233 Å². The fourth-order valence-electron chi connectivity index (χ4n) is 6.20. The fraction of sp³-hybridized carbons (Fsp3) is 0.357. The molecule has 0 aromatic heterocycles. The number of anilines is 2. The molecule has 7 N–H and O–H groups in total. The number of phenolic OH excluding ortho intramolecular Hbond substituents is 1. The van der Waals surface area contributed by atoms with E-state index in [2.05, 4.69) is 5.32 Å². The number of aliphatic hydroxyl groups is 3. The summed E-state index contributed by atoms with van der Waals surface area (Å²) >= 11 is 0.901. The van der Waals surface area contributed by atoms with Crippen LogP contribution < -0.4 is 16.0 Å². The molecule has 11 nitrogen and oxygen atoms in total. The van der Waals surface area contributed by atoms with Crippen LogP contribution in [0.5, 0.6) is 5.75 Å². The lowest BCUT2D eigenvalue weighted by atomic mass is 9.56. The van der Waals surface area contributed by atoms with Crippen molar-refractivity contribution in [2.45, 2.75) is 35.9 Å². The van der Waals surface area contributed by atoms with E-state index in [1.54, 1.807) is 49.3 Å². The lowest BCUT2D eigenvalue weighted by Crippen LogP contribution is -2.66. The van der Waals surface area contributed by atoms with Gasteiger partial charge in [0.05, 0.1) is 17.4 Å². The van der Waals surface area contributed by atoms with Crippen LogP contribution in [0.3, 0.4) is 0 Å². The third-order valence-electron chi connectivity index (χ3n) is 8.03. The van der Waals surface area contributed by atoms with Crippen LogP contribution in [0.15, 0.2) is 46.9 Å². The Morgan fingerprint density at radius 1 is 1.12 bits per heavy atom. The number of nitrogens with one attached hydrogen (secondary N) is 1. The van der Waals surface area contributed by atoms with E-state index in [0.29, 0.717) is 16.1 Å². The van der Waals surface area contributed by atoms with Gasteiger partial charge in [0.1, 0.15) is 11.7 Å². The molecule has 3 aliphatic rings. The van der Waals surface area contributed by atoms with Crippen LogP contribution in [0, 0.1) is 17.8 Å². The molecule has 40 heavy (non-hydrogen) atoms. The van der Waals surface area contributed by atoms with Gasteiger partial charge >= 0.3 is 0 Å². The van der Waals surface area contributed by atoms with Crippen LogP contribution in [-0.4, -0.2) is 68.9 Å². The average Bonchev–Trinajstić information content (AvgIpc) is 2.88. The van der Waals surface area contributed by atoms with Gasteiger partial charge in [0.15, 0.2) is 17.1 Å². The van der Waals surface area contributed by atoms with E-state index in [9.17, 15) is 39.6 Å². The number of hydrogen-bond acceptors (Lipinski definition) is 10. The minimum absolute atomic E-state index is 0.00742. The molecule has 2 unspecified atom stereocenters. The first-order valence-electron chi connectivity index (χ1n) is 12.7. The number of rotatable bonds is 4. The quantitative estimate of drug-likeness (QED) is 0.181. The Morgan fingerprint density at radius 3 is 2.42 bits per heavy atom. The van der Waals surface area contributed by atoms with Crippen molar-refractivity contribution in [3.05, 3.63) is 53.1 Å². The topological polar surface area (TPSA) is 190 Å². The third-order valence-corrected chi connectivity index (χ3v) is 8.83. The summed E-state index contributed by atoms with van der Waals surface area (Å²) in [4.78, 5) is 53.9. The molecule has 2 amide bonds. The summed E-state index contributed by atoms with van der Waals surface area (Å²) in [7, 11) is 3.50. The highest BCUT2D eigenvalue weighted by molar-refractivity contribution is 8.13. The first-order valence-corrected chi connectivity index (χ1v) is 13.5. The first-order chi connectivity index (χ1) is 18.9. The molecule has 5 rings (SSSR count). The van der Waals surface area contributed by atoms with Crippen LogP contribution in [0.1, 0.15) is 24.0 Å². The van der Waals surface area contributed by atoms with Gasteiger partial charge in [0.25, 0.3) is 5.24 Å². The zero-order valence-electron chi connectivity index (χ0n) is 21.7. The third kappa shape index (κ3) is 4.23. The number of carbonyl (C=O) groups excluding carboxylic acids is 4. The van der Waals surface area contributed by atoms with E-state index in [0.717, 1.165) is 11.8 Å². The molecule has 0 bridgehead atoms. The summed E-state index contributed by atoms with van der Waals surface area (Å²) in [6, 6.07) is 10.4. The van der Waals surface area contributed by atoms with Crippen molar-refractivity contribution in [1.29, 1.82) is 0 Å². The molecule has 0 aliphatic heterocycles. The van der Waals surface area contributed by atoms with Crippen LogP contribution in [0.25, 0.3) is 5.76 Å². The van der Waals surface area contributed by atoms with Gasteiger partial charge in [-0.15, -0.1) is 0 Å². The molecule has 2 saturated carbocycles. The van der Waals surface area contributed by atoms with Gasteiger partial charge in [-0.3, -0.25) is 19.2 Å². The zero-order valence-corrected chi connectivity index (χ0v) is 22.6. The van der Waals surface area contributed by atoms with Crippen molar-refractivity contribution < 1.29 is 39.6 Å². The second kappa shape index (κ2) is 9.95. The number of hydrogen-bond donors (Lipinski definition) is 6. The second-order valence-corrected chi connectivity index (χ2v) is 11.7. The Hall–Kier alpha value is -3.87. The van der Waals surface area contributed by atoms with Crippen molar-refractivity contribution in [2.75, 3.05) is 24.3 Å². The molecular weight excluding hydrogens is 538 g/mol. The fourth-order valence-corrected chi connectivity index (χ4v) is 6.87. The van der Waals surface area contributed by atoms with Gasteiger partial charge in [-0.25, -0.2) is 0 Å². The van der Waals surface area contributed by atoms with Crippen LogP contribution in [-0.2, 0) is 20.8 Å².